The van der Waals surface area contributed by atoms with Crippen LogP contribution in [0, 0.1) is 0 Å². The number of hydrogen-bond acceptors (Lipinski definition) is 6. The standard InChI is InChI=1S/C38H43N3O6/c1-3-47-36(44)32-17-11-23-41(32)37(45)38(26-12-5-4-6-13-26)22-19-29(28-14-7-9-16-31(28)38)35(43)40-24-20-27(21-25-40)39-34(42)30-15-8-10-18-33(30)46-2/h4-10,12-16,18,27,29,32H,3,11,17,19-25H2,1-2H3,(H,39,42)/t29-,32-,38+/m0/s1. The maximum absolute atomic E-state index is 14.8. The number of fused-ring (bicyclic) bond motifs is 1. The minimum atomic E-state index is -1.03. The Kier molecular flexibility index (Phi) is 9.61. The molecular weight excluding hydrogens is 594 g/mol. The van der Waals surface area contributed by atoms with E-state index in [1.807, 2.05) is 71.6 Å². The molecule has 0 saturated carbocycles. The number of nitrogens with one attached hydrogen (secondary N) is 1. The fourth-order valence-electron chi connectivity index (χ4n) is 7.76. The van der Waals surface area contributed by atoms with E-state index in [2.05, 4.69) is 5.32 Å². The molecule has 2 saturated heterocycles. The summed E-state index contributed by atoms with van der Waals surface area (Å²) in [6.07, 6.45) is 3.56. The van der Waals surface area contributed by atoms with Crippen molar-refractivity contribution in [1.82, 2.24) is 15.1 Å². The first kappa shape index (κ1) is 32.3. The average molecular weight is 638 g/mol. The van der Waals surface area contributed by atoms with Crippen LogP contribution < -0.4 is 10.1 Å². The number of carbonyl (C=O) groups excluding carboxylic acids is 4. The van der Waals surface area contributed by atoms with Crippen molar-refractivity contribution in [2.75, 3.05) is 33.4 Å². The van der Waals surface area contributed by atoms with E-state index in [4.69, 9.17) is 9.47 Å². The van der Waals surface area contributed by atoms with Crippen LogP contribution in [-0.2, 0) is 24.5 Å². The highest BCUT2D eigenvalue weighted by Crippen LogP contribution is 2.49. The van der Waals surface area contributed by atoms with E-state index in [9.17, 15) is 19.2 Å². The number of benzene rings is 3. The molecule has 3 atom stereocenters. The number of amides is 3. The van der Waals surface area contributed by atoms with Gasteiger partial charge in [0.25, 0.3) is 5.91 Å². The molecule has 47 heavy (non-hydrogen) atoms. The number of esters is 1. The molecule has 3 aliphatic rings. The van der Waals surface area contributed by atoms with Crippen LogP contribution >= 0.6 is 0 Å². The van der Waals surface area contributed by atoms with Crippen LogP contribution in [0.25, 0.3) is 0 Å². The van der Waals surface area contributed by atoms with Crippen molar-refractivity contribution in [3.8, 4) is 5.75 Å². The Balaban J connectivity index is 1.23. The summed E-state index contributed by atoms with van der Waals surface area (Å²) in [7, 11) is 1.55. The summed E-state index contributed by atoms with van der Waals surface area (Å²) in [6, 6.07) is 24.1. The minimum Gasteiger partial charge on any atom is -0.496 e. The first-order chi connectivity index (χ1) is 22.9. The Morgan fingerprint density at radius 1 is 0.851 bits per heavy atom. The van der Waals surface area contributed by atoms with Crippen molar-refractivity contribution in [1.29, 1.82) is 0 Å². The zero-order valence-electron chi connectivity index (χ0n) is 27.2. The highest BCUT2D eigenvalue weighted by molar-refractivity contribution is 5.98. The minimum absolute atomic E-state index is 0.0478. The van der Waals surface area contributed by atoms with E-state index >= 15 is 0 Å². The highest BCUT2D eigenvalue weighted by atomic mass is 16.5. The van der Waals surface area contributed by atoms with Crippen LogP contribution in [-0.4, -0.2) is 78.9 Å². The molecule has 1 N–H and O–H groups in total. The Morgan fingerprint density at radius 3 is 2.30 bits per heavy atom. The Bertz CT molecular complexity index is 1620. The van der Waals surface area contributed by atoms with Gasteiger partial charge in [-0.05, 0) is 74.3 Å². The van der Waals surface area contributed by atoms with Gasteiger partial charge in [-0.25, -0.2) is 4.79 Å². The second-order valence-electron chi connectivity index (χ2n) is 12.6. The lowest BCUT2D eigenvalue weighted by atomic mass is 9.62. The van der Waals surface area contributed by atoms with Crippen LogP contribution in [0.1, 0.15) is 78.4 Å². The molecule has 6 rings (SSSR count). The van der Waals surface area contributed by atoms with Crippen molar-refractivity contribution in [2.45, 2.75) is 68.9 Å². The Hall–Kier alpha value is -4.66. The molecule has 0 spiro atoms. The van der Waals surface area contributed by atoms with Crippen LogP contribution in [0.5, 0.6) is 5.75 Å². The second-order valence-corrected chi connectivity index (χ2v) is 12.6. The third-order valence-electron chi connectivity index (χ3n) is 10.1. The number of para-hydroxylation sites is 1. The molecule has 3 amide bonds. The van der Waals surface area contributed by atoms with Crippen molar-refractivity contribution >= 4 is 23.7 Å². The Labute approximate surface area is 276 Å². The van der Waals surface area contributed by atoms with E-state index in [1.54, 1.807) is 31.1 Å². The lowest BCUT2D eigenvalue weighted by molar-refractivity contribution is -0.154. The number of piperidine rings is 1. The quantitative estimate of drug-likeness (QED) is 0.355. The summed E-state index contributed by atoms with van der Waals surface area (Å²) < 4.78 is 10.7. The lowest BCUT2D eigenvalue weighted by Crippen LogP contribution is -2.54. The summed E-state index contributed by atoms with van der Waals surface area (Å²) in [4.78, 5) is 58.6. The molecule has 3 aromatic rings. The SMILES string of the molecule is CCOC(=O)[C@@H]1CCCN1C(=O)[C@@]1(c2ccccc2)CC[C@H](C(=O)N2CCC(NC(=O)c3ccccc3OC)CC2)c2ccccc21. The smallest absolute Gasteiger partial charge is 0.328 e. The van der Waals surface area contributed by atoms with Crippen LogP contribution in [0.2, 0.25) is 0 Å². The van der Waals surface area contributed by atoms with Crippen molar-refractivity contribution in [3.63, 3.8) is 0 Å². The van der Waals surface area contributed by atoms with Crippen LogP contribution in [0.15, 0.2) is 78.9 Å². The molecule has 0 aromatic heterocycles. The summed E-state index contributed by atoms with van der Waals surface area (Å²) in [5.41, 5.74) is 2.02. The number of carbonyl (C=O) groups is 4. The maximum Gasteiger partial charge on any atom is 0.328 e. The number of hydrogen-bond donors (Lipinski definition) is 1. The van der Waals surface area contributed by atoms with E-state index < -0.39 is 17.4 Å². The van der Waals surface area contributed by atoms with Crippen LogP contribution in [0.3, 0.4) is 0 Å². The van der Waals surface area contributed by atoms with Gasteiger partial charge in [-0.2, -0.15) is 0 Å². The van der Waals surface area contributed by atoms with Crippen molar-refractivity contribution in [2.24, 2.45) is 0 Å². The largest absolute Gasteiger partial charge is 0.496 e. The molecule has 246 valence electrons. The zero-order chi connectivity index (χ0) is 33.0. The van der Waals surface area contributed by atoms with Gasteiger partial charge in [0, 0.05) is 25.7 Å². The molecular formula is C38H43N3O6. The molecule has 2 aliphatic heterocycles. The van der Waals surface area contributed by atoms with Crippen molar-refractivity contribution in [3.05, 3.63) is 101 Å². The summed E-state index contributed by atoms with van der Waals surface area (Å²) in [5.74, 6) is -0.467. The summed E-state index contributed by atoms with van der Waals surface area (Å²) in [5, 5.41) is 3.12. The van der Waals surface area contributed by atoms with Gasteiger partial charge in [0.15, 0.2) is 0 Å². The predicted molar refractivity (Wildman–Crippen MR) is 177 cm³/mol. The molecule has 1 aliphatic carbocycles. The normalized spacial score (nSPS) is 22.7. The predicted octanol–water partition coefficient (Wildman–Crippen LogP) is 4.83. The van der Waals surface area contributed by atoms with E-state index in [1.165, 1.54) is 0 Å². The molecule has 0 bridgehead atoms. The highest BCUT2D eigenvalue weighted by Gasteiger charge is 2.52. The van der Waals surface area contributed by atoms with E-state index in [-0.39, 0.29) is 36.3 Å². The lowest BCUT2D eigenvalue weighted by Gasteiger charge is -2.44. The van der Waals surface area contributed by atoms with Gasteiger partial charge in [-0.15, -0.1) is 0 Å². The number of ether oxygens (including phenoxy) is 2. The van der Waals surface area contributed by atoms with E-state index in [0.29, 0.717) is 63.1 Å². The van der Waals surface area contributed by atoms with Gasteiger partial charge in [-0.1, -0.05) is 66.7 Å². The topological polar surface area (TPSA) is 105 Å². The number of nitrogens with zero attached hydrogens (tertiary/aromatic N) is 2. The molecule has 9 nitrogen and oxygen atoms in total. The van der Waals surface area contributed by atoms with Gasteiger partial charge in [0.05, 0.1) is 30.6 Å². The average Bonchev–Trinajstić information content (AvgIpc) is 3.62. The molecule has 9 heteroatoms. The third-order valence-corrected chi connectivity index (χ3v) is 10.1. The van der Waals surface area contributed by atoms with Gasteiger partial charge >= 0.3 is 5.97 Å². The Morgan fingerprint density at radius 2 is 1.55 bits per heavy atom. The fourth-order valence-corrected chi connectivity index (χ4v) is 7.76. The third kappa shape index (κ3) is 6.11. The second kappa shape index (κ2) is 14.0. The van der Waals surface area contributed by atoms with Gasteiger partial charge < -0.3 is 24.6 Å². The number of methoxy groups -OCH3 is 1. The molecule has 0 unspecified atom stereocenters. The summed E-state index contributed by atoms with van der Waals surface area (Å²) >= 11 is 0. The summed E-state index contributed by atoms with van der Waals surface area (Å²) in [6.45, 7) is 3.60. The molecule has 2 heterocycles. The zero-order valence-corrected chi connectivity index (χ0v) is 27.2. The fraction of sp³-hybridized carbons (Fsp3) is 0.421. The number of likely N-dealkylation sites (tertiary alicyclic amines) is 2. The molecule has 3 aromatic carbocycles. The van der Waals surface area contributed by atoms with Gasteiger partial charge in [0.2, 0.25) is 11.8 Å². The monoisotopic (exact) mass is 637 g/mol. The van der Waals surface area contributed by atoms with Gasteiger partial charge in [0.1, 0.15) is 11.8 Å². The first-order valence-corrected chi connectivity index (χ1v) is 16.7. The number of rotatable bonds is 8. The maximum atomic E-state index is 14.8. The first-order valence-electron chi connectivity index (χ1n) is 16.7. The van der Waals surface area contributed by atoms with Crippen LogP contribution in [0.4, 0.5) is 0 Å². The molecule has 2 fully saturated rings. The van der Waals surface area contributed by atoms with Crippen molar-refractivity contribution < 1.29 is 28.7 Å². The van der Waals surface area contributed by atoms with E-state index in [0.717, 1.165) is 23.1 Å². The van der Waals surface area contributed by atoms with Gasteiger partial charge in [-0.3, -0.25) is 14.4 Å². The molecule has 0 radical (unpaired) electrons.